The summed E-state index contributed by atoms with van der Waals surface area (Å²) < 4.78 is 38.0. The lowest BCUT2D eigenvalue weighted by atomic mass is 10.2. The lowest BCUT2D eigenvalue weighted by molar-refractivity contribution is -0.119. The average molecular weight is 528 g/mol. The summed E-state index contributed by atoms with van der Waals surface area (Å²) in [7, 11) is -3.62. The molecule has 0 bridgehead atoms. The topological polar surface area (TPSA) is 140 Å². The number of nitrogens with one attached hydrogen (secondary N) is 2. The molecule has 4 rings (SSSR count). The first-order valence-corrected chi connectivity index (χ1v) is 14.0. The van der Waals surface area contributed by atoms with Gasteiger partial charge >= 0.3 is 0 Å². The molecule has 184 valence electrons. The summed E-state index contributed by atoms with van der Waals surface area (Å²) in [5.41, 5.74) is 0.291. The van der Waals surface area contributed by atoms with E-state index in [0.717, 1.165) is 30.8 Å². The Morgan fingerprint density at radius 3 is 2.62 bits per heavy atom. The van der Waals surface area contributed by atoms with Crippen LogP contribution in [0.5, 0.6) is 0 Å². The van der Waals surface area contributed by atoms with Crippen molar-refractivity contribution in [3.05, 3.63) is 29.8 Å². The Morgan fingerprint density at radius 2 is 1.91 bits per heavy atom. The van der Waals surface area contributed by atoms with Gasteiger partial charge in [-0.05, 0) is 37.1 Å². The maximum atomic E-state index is 12.7. The second kappa shape index (κ2) is 11.6. The van der Waals surface area contributed by atoms with Crippen LogP contribution in [-0.4, -0.2) is 86.0 Å². The molecule has 11 nitrogen and oxygen atoms in total. The van der Waals surface area contributed by atoms with E-state index in [9.17, 15) is 18.0 Å². The molecule has 2 saturated heterocycles. The van der Waals surface area contributed by atoms with Crippen LogP contribution in [0.2, 0.25) is 0 Å². The number of carbonyl (C=O) groups excluding carboxylic acids is 2. The molecule has 2 aliphatic rings. The number of rotatable bonds is 9. The lowest BCUT2D eigenvalue weighted by Crippen LogP contribution is -2.40. The Bertz CT molecular complexity index is 1100. The number of nitrogens with zero attached hydrogens (tertiary/aromatic N) is 3. The molecule has 1 aromatic heterocycles. The van der Waals surface area contributed by atoms with Crippen LogP contribution in [0.4, 0.5) is 5.13 Å². The van der Waals surface area contributed by atoms with Crippen molar-refractivity contribution in [2.45, 2.75) is 28.2 Å². The first-order valence-electron chi connectivity index (χ1n) is 10.8. The quantitative estimate of drug-likeness (QED) is 0.364. The van der Waals surface area contributed by atoms with Crippen molar-refractivity contribution in [3.8, 4) is 0 Å². The number of carbonyl (C=O) groups is 2. The third-order valence-corrected chi connectivity index (χ3v) is 9.11. The fraction of sp³-hybridized carbons (Fsp3) is 0.500. The van der Waals surface area contributed by atoms with Crippen LogP contribution < -0.4 is 10.6 Å². The third kappa shape index (κ3) is 6.52. The Hall–Kier alpha value is -2.10. The summed E-state index contributed by atoms with van der Waals surface area (Å²) in [5.74, 6) is -0.361. The number of morpholine rings is 1. The lowest BCUT2D eigenvalue weighted by Gasteiger charge is -2.26. The van der Waals surface area contributed by atoms with E-state index in [-0.39, 0.29) is 27.8 Å². The van der Waals surface area contributed by atoms with Gasteiger partial charge in [-0.25, -0.2) is 8.42 Å². The fourth-order valence-corrected chi connectivity index (χ4v) is 6.40. The first-order chi connectivity index (χ1) is 16.4. The van der Waals surface area contributed by atoms with Gasteiger partial charge < -0.3 is 14.8 Å². The number of thioether (sulfide) groups is 1. The highest BCUT2D eigenvalue weighted by molar-refractivity contribution is 8.01. The normalized spacial score (nSPS) is 19.1. The van der Waals surface area contributed by atoms with E-state index in [2.05, 4.69) is 20.8 Å². The number of ether oxygens (including phenoxy) is 2. The number of benzene rings is 1. The van der Waals surface area contributed by atoms with Crippen LogP contribution in [0.25, 0.3) is 0 Å². The standard InChI is InChI=1S/C20H25N5O6S3/c26-17(21-12-15-2-1-9-31-15)13-32-20-24-23-19(33-20)22-18(27)14-3-5-16(6-4-14)34(28,29)25-7-10-30-11-8-25/h3-6,15H,1-2,7-13H2,(H,21,26)(H,22,23,27). The molecule has 3 heterocycles. The zero-order valence-electron chi connectivity index (χ0n) is 18.3. The molecule has 2 N–H and O–H groups in total. The molecule has 0 radical (unpaired) electrons. The molecular weight excluding hydrogens is 502 g/mol. The van der Waals surface area contributed by atoms with Crippen molar-refractivity contribution >= 4 is 50.1 Å². The molecule has 34 heavy (non-hydrogen) atoms. The molecule has 1 atom stereocenters. The summed E-state index contributed by atoms with van der Waals surface area (Å²) in [6, 6.07) is 5.74. The van der Waals surface area contributed by atoms with E-state index >= 15 is 0 Å². The van der Waals surface area contributed by atoms with Gasteiger partial charge in [0, 0.05) is 31.8 Å². The van der Waals surface area contributed by atoms with Gasteiger partial charge in [-0.3, -0.25) is 14.9 Å². The van der Waals surface area contributed by atoms with E-state index < -0.39 is 15.9 Å². The van der Waals surface area contributed by atoms with E-state index in [1.54, 1.807) is 0 Å². The van der Waals surface area contributed by atoms with Gasteiger partial charge in [-0.15, -0.1) is 10.2 Å². The van der Waals surface area contributed by atoms with E-state index in [4.69, 9.17) is 9.47 Å². The average Bonchev–Trinajstić information content (AvgIpc) is 3.54. The minimum absolute atomic E-state index is 0.0887. The maximum Gasteiger partial charge on any atom is 0.257 e. The van der Waals surface area contributed by atoms with Crippen LogP contribution in [0, 0.1) is 0 Å². The predicted molar refractivity (Wildman–Crippen MR) is 127 cm³/mol. The van der Waals surface area contributed by atoms with E-state index in [1.807, 2.05) is 0 Å². The van der Waals surface area contributed by atoms with Crippen LogP contribution in [0.3, 0.4) is 0 Å². The van der Waals surface area contributed by atoms with E-state index in [1.165, 1.54) is 40.3 Å². The number of anilines is 1. The first kappa shape index (κ1) is 25.0. The molecule has 0 aliphatic carbocycles. The highest BCUT2D eigenvalue weighted by Gasteiger charge is 2.26. The van der Waals surface area contributed by atoms with E-state index in [0.29, 0.717) is 42.8 Å². The SMILES string of the molecule is O=C(CSc1nnc(NC(=O)c2ccc(S(=O)(=O)N3CCOCC3)cc2)s1)NCC1CCCO1. The molecule has 2 amide bonds. The van der Waals surface area contributed by atoms with Crippen molar-refractivity contribution in [1.82, 2.24) is 19.8 Å². The van der Waals surface area contributed by atoms with Gasteiger partial charge in [0.15, 0.2) is 4.34 Å². The smallest absolute Gasteiger partial charge is 0.257 e. The molecule has 2 aromatic rings. The number of hydrogen-bond donors (Lipinski definition) is 2. The summed E-state index contributed by atoms with van der Waals surface area (Å²) in [4.78, 5) is 24.6. The Labute approximate surface area is 205 Å². The fourth-order valence-electron chi connectivity index (χ4n) is 3.41. The zero-order chi connectivity index (χ0) is 24.0. The molecule has 0 saturated carbocycles. The molecule has 1 aromatic carbocycles. The molecule has 1 unspecified atom stereocenters. The molecule has 2 aliphatic heterocycles. The number of hydrogen-bond acceptors (Lipinski definition) is 10. The summed E-state index contributed by atoms with van der Waals surface area (Å²) >= 11 is 2.39. The monoisotopic (exact) mass is 527 g/mol. The number of amides is 2. The van der Waals surface area contributed by atoms with Crippen molar-refractivity contribution in [3.63, 3.8) is 0 Å². The Balaban J connectivity index is 1.26. The summed E-state index contributed by atoms with van der Waals surface area (Å²) in [5, 5.41) is 13.7. The molecule has 2 fully saturated rings. The number of sulfonamides is 1. The van der Waals surface area contributed by atoms with Crippen LogP contribution in [-0.2, 0) is 24.3 Å². The zero-order valence-corrected chi connectivity index (χ0v) is 20.7. The van der Waals surface area contributed by atoms with Crippen molar-refractivity contribution < 1.29 is 27.5 Å². The largest absolute Gasteiger partial charge is 0.379 e. The predicted octanol–water partition coefficient (Wildman–Crippen LogP) is 1.20. The van der Waals surface area contributed by atoms with Gasteiger partial charge in [0.05, 0.1) is 30.0 Å². The molecular formula is C20H25N5O6S3. The Kier molecular flexibility index (Phi) is 8.50. The highest BCUT2D eigenvalue weighted by atomic mass is 32.2. The van der Waals surface area contributed by atoms with Gasteiger partial charge in [0.25, 0.3) is 5.91 Å². The van der Waals surface area contributed by atoms with Crippen LogP contribution >= 0.6 is 23.1 Å². The second-order valence-corrected chi connectivity index (χ2v) is 11.7. The molecule has 0 spiro atoms. The van der Waals surface area contributed by atoms with Gasteiger partial charge in [-0.1, -0.05) is 23.1 Å². The van der Waals surface area contributed by atoms with Crippen molar-refractivity contribution in [2.24, 2.45) is 0 Å². The summed E-state index contributed by atoms with van der Waals surface area (Å²) in [6.45, 7) is 2.58. The minimum Gasteiger partial charge on any atom is -0.379 e. The van der Waals surface area contributed by atoms with Gasteiger partial charge in [0.2, 0.25) is 21.1 Å². The third-order valence-electron chi connectivity index (χ3n) is 5.23. The molecule has 14 heteroatoms. The maximum absolute atomic E-state index is 12.7. The minimum atomic E-state index is -3.62. The highest BCUT2D eigenvalue weighted by Crippen LogP contribution is 2.26. The second-order valence-electron chi connectivity index (χ2n) is 7.60. The summed E-state index contributed by atoms with van der Waals surface area (Å²) in [6.07, 6.45) is 2.07. The van der Waals surface area contributed by atoms with Crippen molar-refractivity contribution in [2.75, 3.05) is 50.5 Å². The number of aromatic nitrogens is 2. The van der Waals surface area contributed by atoms with Gasteiger partial charge in [0.1, 0.15) is 0 Å². The van der Waals surface area contributed by atoms with Gasteiger partial charge in [-0.2, -0.15) is 4.31 Å². The Morgan fingerprint density at radius 1 is 1.15 bits per heavy atom. The van der Waals surface area contributed by atoms with Crippen molar-refractivity contribution in [1.29, 1.82) is 0 Å². The van der Waals surface area contributed by atoms with Crippen LogP contribution in [0.1, 0.15) is 23.2 Å². The van der Waals surface area contributed by atoms with Crippen LogP contribution in [0.15, 0.2) is 33.5 Å².